The van der Waals surface area contributed by atoms with Crippen LogP contribution in [0.4, 0.5) is 33.3 Å². The zero-order chi connectivity index (χ0) is 24.7. The van der Waals surface area contributed by atoms with Gasteiger partial charge in [0.2, 0.25) is 0 Å². The van der Waals surface area contributed by atoms with E-state index in [0.717, 1.165) is 36.4 Å². The quantitative estimate of drug-likeness (QED) is 0.166. The maximum atomic E-state index is 15.1. The van der Waals surface area contributed by atoms with Crippen LogP contribution in [-0.4, -0.2) is 26.3 Å². The molecule has 0 fully saturated rings. The number of anilines is 2. The number of aromatic nitrogens is 2. The molecule has 1 unspecified atom stereocenters. The van der Waals surface area contributed by atoms with Crippen LogP contribution in [0.1, 0.15) is 15.9 Å². The Morgan fingerprint density at radius 2 is 1.79 bits per heavy atom. The third-order valence-corrected chi connectivity index (χ3v) is 6.45. The molecule has 1 amide bonds. The highest BCUT2D eigenvalue weighted by molar-refractivity contribution is 8.07. The Morgan fingerprint density at radius 1 is 1.09 bits per heavy atom. The topological polar surface area (TPSA) is 90.0 Å². The van der Waals surface area contributed by atoms with Gasteiger partial charge in [-0.05, 0) is 48.5 Å². The first-order chi connectivity index (χ1) is 16.0. The van der Waals surface area contributed by atoms with E-state index in [0.29, 0.717) is 11.0 Å². The number of carbonyl (C=O) groups is 1. The van der Waals surface area contributed by atoms with Gasteiger partial charge in [0.05, 0.1) is 11.1 Å². The largest absolute Gasteiger partial charge is 0.416 e. The minimum atomic E-state index is -4.57. The fourth-order valence-corrected chi connectivity index (χ4v) is 4.33. The van der Waals surface area contributed by atoms with Gasteiger partial charge in [0.15, 0.2) is 10.7 Å². The van der Waals surface area contributed by atoms with Gasteiger partial charge in [-0.2, -0.15) is 17.7 Å². The standard InChI is InChI=1S/C22H15F5N4O2S/c1-34(33,15-4-2-14(3-5-15)22(25,26)27)31-17-7-6-16(23)19(18(17)24)30-21(32)13-10-12-8-9-28-20(12)29-11-13/h2-11,31H,1H2,(H2-,28,29,30,32,33)/p+1. The van der Waals surface area contributed by atoms with Crippen LogP contribution in [-0.2, 0) is 16.3 Å². The van der Waals surface area contributed by atoms with Crippen LogP contribution in [0.5, 0.6) is 0 Å². The number of hydrogen-bond acceptors (Lipinski definition) is 4. The van der Waals surface area contributed by atoms with E-state index in [1.54, 1.807) is 12.3 Å². The van der Waals surface area contributed by atoms with E-state index in [4.69, 9.17) is 0 Å². The van der Waals surface area contributed by atoms with Crippen LogP contribution in [0.15, 0.2) is 65.8 Å². The predicted molar refractivity (Wildman–Crippen MR) is 121 cm³/mol. The number of fused-ring (bicyclic) bond motifs is 1. The number of hydrogen-bond donors (Lipinski definition) is 4. The lowest BCUT2D eigenvalue weighted by Crippen LogP contribution is -2.23. The number of benzene rings is 2. The maximum absolute atomic E-state index is 15.1. The molecule has 4 rings (SSSR count). The lowest BCUT2D eigenvalue weighted by Gasteiger charge is -2.16. The Kier molecular flexibility index (Phi) is 5.87. The highest BCUT2D eigenvalue weighted by Crippen LogP contribution is 2.32. The molecular weight excluding hydrogens is 479 g/mol. The molecule has 6 nitrogen and oxygen atoms in total. The summed E-state index contributed by atoms with van der Waals surface area (Å²) in [7, 11) is -3.28. The first-order valence-corrected chi connectivity index (χ1v) is 11.3. The zero-order valence-corrected chi connectivity index (χ0v) is 17.9. The first kappa shape index (κ1) is 23.4. The summed E-state index contributed by atoms with van der Waals surface area (Å²) in [5.41, 5.74) is -1.55. The average molecular weight is 495 g/mol. The molecule has 34 heavy (non-hydrogen) atoms. The molecule has 0 spiro atoms. The molecule has 0 saturated heterocycles. The van der Waals surface area contributed by atoms with E-state index in [1.165, 1.54) is 12.3 Å². The fraction of sp³-hybridized carbons (Fsp3) is 0.0455. The highest BCUT2D eigenvalue weighted by atomic mass is 32.3. The van der Waals surface area contributed by atoms with Crippen molar-refractivity contribution in [3.05, 3.63) is 83.7 Å². The lowest BCUT2D eigenvalue weighted by atomic mass is 10.2. The van der Waals surface area contributed by atoms with Crippen molar-refractivity contribution in [2.75, 3.05) is 10.0 Å². The van der Waals surface area contributed by atoms with Crippen molar-refractivity contribution in [1.29, 1.82) is 0 Å². The number of amides is 1. The lowest BCUT2D eigenvalue weighted by molar-refractivity contribution is -0.137. The monoisotopic (exact) mass is 495 g/mol. The van der Waals surface area contributed by atoms with Crippen LogP contribution in [0.2, 0.25) is 0 Å². The Bertz CT molecular complexity index is 1430. The molecule has 4 N–H and O–H groups in total. The smallest absolute Gasteiger partial charge is 0.346 e. The summed E-state index contributed by atoms with van der Waals surface area (Å²) in [6.45, 7) is 0. The van der Waals surface area contributed by atoms with E-state index in [1.807, 2.05) is 0 Å². The third kappa shape index (κ3) is 4.63. The number of alkyl halides is 3. The minimum absolute atomic E-state index is 0.0271. The van der Waals surface area contributed by atoms with Crippen molar-refractivity contribution in [3.63, 3.8) is 0 Å². The van der Waals surface area contributed by atoms with Crippen LogP contribution in [0.25, 0.3) is 11.0 Å². The number of aromatic amines is 1. The van der Waals surface area contributed by atoms with Crippen molar-refractivity contribution >= 4 is 44.3 Å². The molecule has 0 aliphatic carbocycles. The molecule has 2 aromatic carbocycles. The van der Waals surface area contributed by atoms with Gasteiger partial charge in [0, 0.05) is 17.8 Å². The molecule has 0 saturated carbocycles. The third-order valence-electron chi connectivity index (χ3n) is 4.84. The van der Waals surface area contributed by atoms with Gasteiger partial charge >= 0.3 is 6.18 Å². The fourth-order valence-electron chi connectivity index (χ4n) is 3.11. The van der Waals surface area contributed by atoms with Crippen LogP contribution < -0.4 is 10.0 Å². The average Bonchev–Trinajstić information content (AvgIpc) is 3.26. The molecule has 12 heteroatoms. The number of pyridine rings is 1. The van der Waals surface area contributed by atoms with Crippen molar-refractivity contribution < 1.29 is 31.3 Å². The number of carbonyl (C=O) groups excluding carboxylic acids is 1. The molecule has 176 valence electrons. The molecule has 4 aromatic rings. The summed E-state index contributed by atoms with van der Waals surface area (Å²) in [5, 5.41) is 2.76. The predicted octanol–water partition coefficient (Wildman–Crippen LogP) is 5.56. The molecular formula is C22H16F5N4O2S+. The van der Waals surface area contributed by atoms with E-state index in [-0.39, 0.29) is 10.5 Å². The molecule has 0 bridgehead atoms. The van der Waals surface area contributed by atoms with Crippen molar-refractivity contribution in [2.45, 2.75) is 11.1 Å². The summed E-state index contributed by atoms with van der Waals surface area (Å²) >= 11 is 0. The number of rotatable bonds is 5. The summed E-state index contributed by atoms with van der Waals surface area (Å²) < 4.78 is 80.8. The van der Waals surface area contributed by atoms with Gasteiger partial charge in [-0.3, -0.25) is 4.79 Å². The van der Waals surface area contributed by atoms with E-state index >= 15 is 4.39 Å². The summed E-state index contributed by atoms with van der Waals surface area (Å²) in [4.78, 5) is 19.4. The van der Waals surface area contributed by atoms with Gasteiger partial charge in [0.25, 0.3) is 5.91 Å². The Morgan fingerprint density at radius 3 is 2.47 bits per heavy atom. The summed E-state index contributed by atoms with van der Waals surface area (Å²) in [5.74, 6) is 0.402. The van der Waals surface area contributed by atoms with Gasteiger partial charge in [0.1, 0.15) is 38.8 Å². The van der Waals surface area contributed by atoms with Crippen LogP contribution in [0.3, 0.4) is 0 Å². The van der Waals surface area contributed by atoms with Gasteiger partial charge in [-0.25, -0.2) is 18.5 Å². The number of nitrogens with one attached hydrogen (secondary N) is 3. The highest BCUT2D eigenvalue weighted by Gasteiger charge is 2.32. The molecule has 1 atom stereocenters. The van der Waals surface area contributed by atoms with Gasteiger partial charge in [-0.1, -0.05) is 0 Å². The normalized spacial score (nSPS) is 13.5. The second kappa shape index (κ2) is 8.54. The SMILES string of the molecule is C=[S+](O)(Nc1ccc(F)c(NC(=O)c2cnc3[nH]ccc3c2)c1F)c1ccc(C(F)(F)F)cc1. The number of nitrogens with zero attached hydrogens (tertiary/aromatic N) is 1. The van der Waals surface area contributed by atoms with Crippen molar-refractivity contribution in [3.8, 4) is 0 Å². The second-order valence-corrected chi connectivity index (χ2v) is 9.28. The van der Waals surface area contributed by atoms with E-state index < -0.39 is 50.7 Å². The minimum Gasteiger partial charge on any atom is -0.346 e. The number of halogens is 5. The van der Waals surface area contributed by atoms with E-state index in [2.05, 4.69) is 25.9 Å². The Labute approximate surface area is 190 Å². The molecule has 0 radical (unpaired) electrons. The maximum Gasteiger partial charge on any atom is 0.416 e. The zero-order valence-electron chi connectivity index (χ0n) is 17.1. The summed E-state index contributed by atoms with van der Waals surface area (Å²) in [6.07, 6.45) is -1.72. The summed E-state index contributed by atoms with van der Waals surface area (Å²) in [6, 6.07) is 8.50. The van der Waals surface area contributed by atoms with Crippen LogP contribution >= 0.6 is 0 Å². The Hall–Kier alpha value is -3.77. The second-order valence-electron chi connectivity index (χ2n) is 7.20. The molecule has 0 aliphatic rings. The van der Waals surface area contributed by atoms with Crippen molar-refractivity contribution in [1.82, 2.24) is 9.97 Å². The Balaban J connectivity index is 1.59. The van der Waals surface area contributed by atoms with Crippen LogP contribution in [0, 0.1) is 11.6 Å². The number of H-pyrrole nitrogens is 1. The van der Waals surface area contributed by atoms with Gasteiger partial charge in [-0.15, -0.1) is 0 Å². The molecule has 2 aromatic heterocycles. The van der Waals surface area contributed by atoms with Gasteiger partial charge < -0.3 is 10.3 Å². The molecule has 0 aliphatic heterocycles. The molecule has 2 heterocycles. The van der Waals surface area contributed by atoms with E-state index in [9.17, 15) is 26.9 Å². The first-order valence-electron chi connectivity index (χ1n) is 9.52. The van der Waals surface area contributed by atoms with Crippen molar-refractivity contribution in [2.24, 2.45) is 0 Å².